The molecule has 0 fully saturated rings. The number of esters is 1. The summed E-state index contributed by atoms with van der Waals surface area (Å²) in [4.78, 5) is 23.6. The van der Waals surface area contributed by atoms with E-state index in [1.165, 1.54) is 10.4 Å². The van der Waals surface area contributed by atoms with Crippen molar-refractivity contribution in [3.63, 3.8) is 0 Å². The fourth-order valence-corrected chi connectivity index (χ4v) is 2.13. The molecule has 0 aliphatic rings. The second kappa shape index (κ2) is 7.74. The molecule has 0 aliphatic heterocycles. The van der Waals surface area contributed by atoms with Gasteiger partial charge in [0, 0.05) is 0 Å². The average molecular weight is 489 g/mol. The van der Waals surface area contributed by atoms with Crippen LogP contribution in [-0.4, -0.2) is 30.8 Å². The molecule has 6 heteroatoms. The van der Waals surface area contributed by atoms with Crippen molar-refractivity contribution in [2.75, 3.05) is 7.11 Å². The second-order valence-electron chi connectivity index (χ2n) is 5.55. The van der Waals surface area contributed by atoms with Crippen LogP contribution in [0.2, 0.25) is 0 Å². The summed E-state index contributed by atoms with van der Waals surface area (Å²) in [7, 11) is 1.30. The van der Waals surface area contributed by atoms with Crippen molar-refractivity contribution in [2.24, 2.45) is 0 Å². The SMILES string of the molecule is COC(=O)[C@H](Cc1ccc([211At])cc1)NC(=O)OC(C)(C)C. The number of benzene rings is 1. The molecule has 0 aromatic heterocycles. The van der Waals surface area contributed by atoms with Gasteiger partial charge in [0.2, 0.25) is 0 Å². The number of ether oxygens (including phenoxy) is 2. The van der Waals surface area contributed by atoms with Gasteiger partial charge in [0.05, 0.1) is 0 Å². The Morgan fingerprint density at radius 1 is 1.24 bits per heavy atom. The van der Waals surface area contributed by atoms with Gasteiger partial charge in [-0.3, -0.25) is 0 Å². The van der Waals surface area contributed by atoms with E-state index >= 15 is 0 Å². The minimum absolute atomic E-state index is 0.360. The molecule has 0 heterocycles. The predicted octanol–water partition coefficient (Wildman–Crippen LogP) is 1.47. The predicted molar refractivity (Wildman–Crippen MR) is 75.0 cm³/mol. The first-order valence-electron chi connectivity index (χ1n) is 6.53. The van der Waals surface area contributed by atoms with E-state index in [2.05, 4.69) is 5.32 Å². The van der Waals surface area contributed by atoms with Gasteiger partial charge in [-0.05, 0) is 0 Å². The van der Waals surface area contributed by atoms with Crippen molar-refractivity contribution in [2.45, 2.75) is 38.8 Å². The topological polar surface area (TPSA) is 64.6 Å². The normalized spacial score (nSPS) is 12.4. The van der Waals surface area contributed by atoms with Gasteiger partial charge in [-0.2, -0.15) is 0 Å². The number of nitrogens with one attached hydrogen (secondary N) is 1. The summed E-state index contributed by atoms with van der Waals surface area (Å²) in [5.41, 5.74) is 0.331. The zero-order valence-corrected chi connectivity index (χ0v) is 15.5. The molecule has 5 nitrogen and oxygen atoms in total. The molecular weight excluding hydrogens is 469 g/mol. The summed E-state index contributed by atoms with van der Waals surface area (Å²) in [6.45, 7) is 5.30. The molecule has 0 radical (unpaired) electrons. The summed E-state index contributed by atoms with van der Waals surface area (Å²) in [5, 5.41) is 2.56. The van der Waals surface area contributed by atoms with Crippen LogP contribution < -0.4 is 8.59 Å². The van der Waals surface area contributed by atoms with Crippen molar-refractivity contribution in [1.82, 2.24) is 5.32 Å². The number of alkyl carbamates (subject to hydrolysis) is 1. The molecule has 0 saturated heterocycles. The minimum atomic E-state index is -0.766. The summed E-state index contributed by atoms with van der Waals surface area (Å²) in [6.07, 6.45) is -0.272. The average Bonchev–Trinajstić information content (AvgIpc) is 2.37. The van der Waals surface area contributed by atoms with Crippen LogP contribution in [0.1, 0.15) is 26.3 Å². The molecule has 1 aromatic rings. The molecule has 0 saturated carbocycles. The molecule has 1 aromatic carbocycles. The zero-order valence-electron chi connectivity index (χ0n) is 12.6. The quantitative estimate of drug-likeness (QED) is 0.651. The Morgan fingerprint density at radius 2 is 1.81 bits per heavy atom. The summed E-state index contributed by atoms with van der Waals surface area (Å²) in [5.74, 6) is -0.495. The number of hydrogen-bond donors (Lipinski definition) is 1. The van der Waals surface area contributed by atoms with Crippen molar-refractivity contribution in [1.29, 1.82) is 0 Å². The van der Waals surface area contributed by atoms with Crippen LogP contribution in [0.5, 0.6) is 0 Å². The van der Waals surface area contributed by atoms with E-state index in [4.69, 9.17) is 9.47 Å². The van der Waals surface area contributed by atoms with E-state index in [0.29, 0.717) is 6.42 Å². The van der Waals surface area contributed by atoms with Gasteiger partial charge in [0.15, 0.2) is 0 Å². The van der Waals surface area contributed by atoms with Gasteiger partial charge >= 0.3 is 140 Å². The van der Waals surface area contributed by atoms with Crippen molar-refractivity contribution in [3.05, 3.63) is 29.8 Å². The molecule has 0 bridgehead atoms. The molecule has 0 spiro atoms. The van der Waals surface area contributed by atoms with E-state index in [1.54, 1.807) is 45.5 Å². The summed E-state index contributed by atoms with van der Waals surface area (Å²) < 4.78 is 11.1. The molecule has 1 atom stereocenters. The number of amides is 1. The van der Waals surface area contributed by atoms with Crippen LogP contribution in [0.25, 0.3) is 0 Å². The number of carbonyl (C=O) groups is 2. The Balaban J connectivity index is 2.74. The summed E-state index contributed by atoms with van der Waals surface area (Å²) >= 11 is 1.58. The van der Waals surface area contributed by atoms with Crippen LogP contribution >= 0.6 is 0 Å². The fourth-order valence-electron chi connectivity index (χ4n) is 1.64. The van der Waals surface area contributed by atoms with E-state index in [1.807, 2.05) is 24.3 Å². The Morgan fingerprint density at radius 3 is 2.29 bits per heavy atom. The maximum absolute atomic E-state index is 11.8. The zero-order chi connectivity index (χ0) is 16.0. The molecule has 1 amide bonds. The second-order valence-corrected chi connectivity index (χ2v) is 7.25. The maximum atomic E-state index is 11.8. The van der Waals surface area contributed by atoms with E-state index < -0.39 is 23.7 Å². The number of rotatable bonds is 4. The number of carbonyl (C=O) groups excluding carboxylic acids is 2. The monoisotopic (exact) mass is 489 g/mol. The van der Waals surface area contributed by atoms with Crippen LogP contribution in [0, 0.1) is 24.7 Å². The van der Waals surface area contributed by atoms with Crippen molar-refractivity contribution in [3.8, 4) is 0 Å². The first kappa shape index (κ1) is 17.9. The van der Waals surface area contributed by atoms with Crippen molar-refractivity contribution < 1.29 is 43.8 Å². The van der Waals surface area contributed by atoms with Gasteiger partial charge in [-0.1, -0.05) is 0 Å². The third kappa shape index (κ3) is 6.90. The molecule has 21 heavy (non-hydrogen) atoms. The molecule has 0 unspecified atom stereocenters. The first-order valence-corrected chi connectivity index (χ1v) is 8.00. The fraction of sp³-hybridized carbons (Fsp3) is 0.467. The van der Waals surface area contributed by atoms with Crippen LogP contribution in [0.3, 0.4) is 0 Å². The van der Waals surface area contributed by atoms with E-state index in [9.17, 15) is 9.59 Å². The van der Waals surface area contributed by atoms with Gasteiger partial charge in [0.1, 0.15) is 0 Å². The van der Waals surface area contributed by atoms with Crippen LogP contribution in [-0.2, 0) is 20.7 Å². The standard InChI is InChI=1S/C15H20AtNO4/c1-15(2,3)21-14(19)17-12(13(18)20-4)9-10-5-7-11(16)8-6-10/h5-8,12H,9H2,1-4H3,(H,17,19)/t12-/m0/s1/i16+1. The molecule has 0 aliphatic carbocycles. The molecular formula is C15H20AtNO4. The third-order valence-electron chi connectivity index (χ3n) is 2.53. The van der Waals surface area contributed by atoms with Gasteiger partial charge in [-0.15, -0.1) is 0 Å². The van der Waals surface area contributed by atoms with Crippen LogP contribution in [0.4, 0.5) is 4.79 Å². The molecule has 1 rings (SSSR count). The summed E-state index contributed by atoms with van der Waals surface area (Å²) in [6, 6.07) is 7.06. The van der Waals surface area contributed by atoms with Gasteiger partial charge in [-0.25, -0.2) is 0 Å². The first-order chi connectivity index (χ1) is 9.71. The number of hydrogen-bond acceptors (Lipinski definition) is 4. The van der Waals surface area contributed by atoms with Gasteiger partial charge < -0.3 is 0 Å². The van der Waals surface area contributed by atoms with E-state index in [0.717, 1.165) is 5.56 Å². The van der Waals surface area contributed by atoms with Crippen LogP contribution in [0.15, 0.2) is 24.3 Å². The van der Waals surface area contributed by atoms with Crippen molar-refractivity contribution >= 4 is 15.3 Å². The third-order valence-corrected chi connectivity index (χ3v) is 3.51. The number of methoxy groups -OCH3 is 1. The van der Waals surface area contributed by atoms with Gasteiger partial charge in [0.25, 0.3) is 0 Å². The Kier molecular flexibility index (Phi) is 6.59. The Hall–Kier alpha value is -1.16. The molecule has 116 valence electrons. The molecule has 1 N–H and O–H groups in total. The van der Waals surface area contributed by atoms with E-state index in [-0.39, 0.29) is 0 Å². The Labute approximate surface area is 140 Å². The Bertz CT molecular complexity index is 493.